The van der Waals surface area contributed by atoms with E-state index in [1.165, 1.54) is 4.88 Å². The van der Waals surface area contributed by atoms with Crippen molar-refractivity contribution >= 4 is 11.3 Å². The van der Waals surface area contributed by atoms with Gasteiger partial charge in [-0.25, -0.2) is 0 Å². The summed E-state index contributed by atoms with van der Waals surface area (Å²) in [5.41, 5.74) is 0.542. The molecule has 0 radical (unpaired) electrons. The molecule has 0 aromatic carbocycles. The van der Waals surface area contributed by atoms with E-state index in [0.717, 1.165) is 24.8 Å². The number of hydrogen-bond donors (Lipinski definition) is 1. The number of aliphatic hydroxyl groups is 1. The molecule has 1 atom stereocenters. The van der Waals surface area contributed by atoms with Crippen molar-refractivity contribution in [2.24, 2.45) is 0 Å². The quantitative estimate of drug-likeness (QED) is 0.785. The van der Waals surface area contributed by atoms with Crippen LogP contribution in [0.15, 0.2) is 11.4 Å². The zero-order chi connectivity index (χ0) is 9.90. The summed E-state index contributed by atoms with van der Waals surface area (Å²) in [6.07, 6.45) is 2.69. The van der Waals surface area contributed by atoms with Crippen LogP contribution in [0.2, 0.25) is 0 Å². The molecule has 0 saturated carbocycles. The predicted molar refractivity (Wildman–Crippen MR) is 58.2 cm³/mol. The maximum absolute atomic E-state index is 10.4. The monoisotopic (exact) mass is 198 g/mol. The first-order valence-electron chi connectivity index (χ1n) is 4.91. The highest BCUT2D eigenvalue weighted by Crippen LogP contribution is 2.34. The number of thiophene rings is 1. The molecule has 0 fully saturated rings. The van der Waals surface area contributed by atoms with Gasteiger partial charge < -0.3 is 5.11 Å². The molecule has 1 unspecified atom stereocenters. The fourth-order valence-electron chi connectivity index (χ4n) is 1.78. The summed E-state index contributed by atoms with van der Waals surface area (Å²) in [5.74, 6) is 0. The molecule has 1 aromatic heterocycles. The first-order valence-corrected chi connectivity index (χ1v) is 5.79. The summed E-state index contributed by atoms with van der Waals surface area (Å²) < 4.78 is 0. The lowest BCUT2D eigenvalue weighted by Gasteiger charge is -2.26. The van der Waals surface area contributed by atoms with Crippen LogP contribution in [0.1, 0.15) is 43.6 Å². The molecule has 13 heavy (non-hydrogen) atoms. The molecular formula is C11H18OS. The third-order valence-corrected chi connectivity index (χ3v) is 3.45. The van der Waals surface area contributed by atoms with Crippen molar-refractivity contribution in [3.05, 3.63) is 21.9 Å². The van der Waals surface area contributed by atoms with Crippen LogP contribution >= 0.6 is 11.3 Å². The molecule has 0 aliphatic rings. The van der Waals surface area contributed by atoms with Gasteiger partial charge in [0.25, 0.3) is 0 Å². The van der Waals surface area contributed by atoms with Gasteiger partial charge in [0.15, 0.2) is 0 Å². The van der Waals surface area contributed by atoms with E-state index in [0.29, 0.717) is 0 Å². The van der Waals surface area contributed by atoms with Crippen LogP contribution in [-0.4, -0.2) is 5.11 Å². The second kappa shape index (κ2) is 4.25. The van der Waals surface area contributed by atoms with Gasteiger partial charge in [-0.3, -0.25) is 0 Å². The molecule has 0 amide bonds. The summed E-state index contributed by atoms with van der Waals surface area (Å²) in [5, 5.41) is 12.4. The largest absolute Gasteiger partial charge is 0.385 e. The smallest absolute Gasteiger partial charge is 0.0904 e. The minimum Gasteiger partial charge on any atom is -0.385 e. The highest BCUT2D eigenvalue weighted by molar-refractivity contribution is 7.10. The number of rotatable bonds is 4. The Morgan fingerprint density at radius 3 is 2.54 bits per heavy atom. The second-order valence-corrected chi connectivity index (χ2v) is 4.65. The Labute approximate surface area is 84.4 Å². The van der Waals surface area contributed by atoms with Gasteiger partial charge >= 0.3 is 0 Å². The van der Waals surface area contributed by atoms with Crippen LogP contribution < -0.4 is 0 Å². The van der Waals surface area contributed by atoms with Crippen LogP contribution in [0.3, 0.4) is 0 Å². The summed E-state index contributed by atoms with van der Waals surface area (Å²) in [7, 11) is 0. The highest BCUT2D eigenvalue weighted by Gasteiger charge is 2.27. The van der Waals surface area contributed by atoms with Gasteiger partial charge in [-0.05, 0) is 36.8 Å². The van der Waals surface area contributed by atoms with Crippen molar-refractivity contribution in [3.63, 3.8) is 0 Å². The Morgan fingerprint density at radius 2 is 2.15 bits per heavy atom. The third kappa shape index (κ3) is 2.12. The normalized spacial score (nSPS) is 15.7. The predicted octanol–water partition coefficient (Wildman–Crippen LogP) is 3.45. The maximum atomic E-state index is 10.4. The van der Waals surface area contributed by atoms with Crippen LogP contribution in [0.5, 0.6) is 0 Å². The first-order chi connectivity index (χ1) is 6.14. The van der Waals surface area contributed by atoms with Crippen molar-refractivity contribution in [2.75, 3.05) is 0 Å². The molecule has 0 aliphatic heterocycles. The van der Waals surface area contributed by atoms with E-state index in [2.05, 4.69) is 25.3 Å². The molecule has 74 valence electrons. The molecule has 0 spiro atoms. The molecule has 1 heterocycles. The molecule has 0 saturated heterocycles. The summed E-state index contributed by atoms with van der Waals surface area (Å²) >= 11 is 1.71. The Kier molecular flexibility index (Phi) is 3.51. The van der Waals surface area contributed by atoms with Crippen LogP contribution in [-0.2, 0) is 5.60 Å². The standard InChI is InChI=1S/C11H18OS/c1-4-7-11(12,5-2)10-6-8-13-9(10)3/h6,8,12H,4-5,7H2,1-3H3. The van der Waals surface area contributed by atoms with Gasteiger partial charge in [-0.15, -0.1) is 11.3 Å². The average molecular weight is 198 g/mol. The fraction of sp³-hybridized carbons (Fsp3) is 0.636. The van der Waals surface area contributed by atoms with Crippen molar-refractivity contribution in [1.29, 1.82) is 0 Å². The minimum absolute atomic E-state index is 0.584. The molecule has 1 N–H and O–H groups in total. The second-order valence-electron chi connectivity index (χ2n) is 3.53. The van der Waals surface area contributed by atoms with E-state index in [9.17, 15) is 5.11 Å². The van der Waals surface area contributed by atoms with E-state index in [1.807, 2.05) is 6.92 Å². The van der Waals surface area contributed by atoms with Gasteiger partial charge in [0, 0.05) is 4.88 Å². The van der Waals surface area contributed by atoms with Gasteiger partial charge in [0.2, 0.25) is 0 Å². The van der Waals surface area contributed by atoms with E-state index < -0.39 is 5.60 Å². The Hall–Kier alpha value is -0.340. The molecule has 1 aromatic rings. The van der Waals surface area contributed by atoms with E-state index in [1.54, 1.807) is 11.3 Å². The van der Waals surface area contributed by atoms with E-state index >= 15 is 0 Å². The molecular weight excluding hydrogens is 180 g/mol. The van der Waals surface area contributed by atoms with Crippen molar-refractivity contribution in [3.8, 4) is 0 Å². The molecule has 2 heteroatoms. The molecule has 1 rings (SSSR count). The Balaban J connectivity index is 2.95. The number of aryl methyl sites for hydroxylation is 1. The van der Waals surface area contributed by atoms with E-state index in [-0.39, 0.29) is 0 Å². The van der Waals surface area contributed by atoms with Crippen molar-refractivity contribution < 1.29 is 5.11 Å². The average Bonchev–Trinajstić information content (AvgIpc) is 2.52. The van der Waals surface area contributed by atoms with Crippen LogP contribution in [0.4, 0.5) is 0 Å². The van der Waals surface area contributed by atoms with Crippen molar-refractivity contribution in [2.45, 2.75) is 45.6 Å². The summed E-state index contributed by atoms with van der Waals surface area (Å²) in [6, 6.07) is 2.05. The van der Waals surface area contributed by atoms with Gasteiger partial charge in [-0.2, -0.15) is 0 Å². The maximum Gasteiger partial charge on any atom is 0.0904 e. The van der Waals surface area contributed by atoms with Gasteiger partial charge in [-0.1, -0.05) is 20.3 Å². The third-order valence-electron chi connectivity index (χ3n) is 2.61. The fourth-order valence-corrected chi connectivity index (χ4v) is 2.58. The molecule has 1 nitrogen and oxygen atoms in total. The van der Waals surface area contributed by atoms with Crippen LogP contribution in [0, 0.1) is 6.92 Å². The van der Waals surface area contributed by atoms with Gasteiger partial charge in [0.05, 0.1) is 5.60 Å². The summed E-state index contributed by atoms with van der Waals surface area (Å²) in [6.45, 7) is 6.24. The Bertz CT molecular complexity index is 267. The zero-order valence-corrected chi connectivity index (χ0v) is 9.45. The molecule has 0 aliphatic carbocycles. The lowest BCUT2D eigenvalue weighted by atomic mass is 9.87. The summed E-state index contributed by atoms with van der Waals surface area (Å²) in [4.78, 5) is 1.25. The number of hydrogen-bond acceptors (Lipinski definition) is 2. The lowest BCUT2D eigenvalue weighted by molar-refractivity contribution is 0.0225. The van der Waals surface area contributed by atoms with Gasteiger partial charge in [0.1, 0.15) is 0 Å². The minimum atomic E-state index is -0.584. The van der Waals surface area contributed by atoms with E-state index in [4.69, 9.17) is 0 Å². The lowest BCUT2D eigenvalue weighted by Crippen LogP contribution is -2.24. The SMILES string of the molecule is CCCC(O)(CC)c1ccsc1C. The Morgan fingerprint density at radius 1 is 1.46 bits per heavy atom. The zero-order valence-electron chi connectivity index (χ0n) is 8.63. The molecule has 0 bridgehead atoms. The van der Waals surface area contributed by atoms with Crippen molar-refractivity contribution in [1.82, 2.24) is 0 Å². The topological polar surface area (TPSA) is 20.2 Å². The highest BCUT2D eigenvalue weighted by atomic mass is 32.1. The first kappa shape index (κ1) is 10.7. The van der Waals surface area contributed by atoms with Crippen LogP contribution in [0.25, 0.3) is 0 Å².